The summed E-state index contributed by atoms with van der Waals surface area (Å²) >= 11 is 0. The molecule has 7 heteroatoms. The molecule has 27 heavy (non-hydrogen) atoms. The van der Waals surface area contributed by atoms with Crippen molar-refractivity contribution >= 4 is 11.8 Å². The zero-order chi connectivity index (χ0) is 18.8. The normalized spacial score (nSPS) is 22.6. The van der Waals surface area contributed by atoms with Gasteiger partial charge >= 0.3 is 0 Å². The van der Waals surface area contributed by atoms with E-state index in [0.29, 0.717) is 31.2 Å². The Hall–Kier alpha value is -2.67. The highest BCUT2D eigenvalue weighted by Crippen LogP contribution is 2.30. The lowest BCUT2D eigenvalue weighted by Crippen LogP contribution is -2.48. The second-order valence-electron chi connectivity index (χ2n) is 7.31. The van der Waals surface area contributed by atoms with Crippen molar-refractivity contribution in [2.45, 2.75) is 44.3 Å². The molecule has 3 N–H and O–H groups in total. The van der Waals surface area contributed by atoms with Crippen LogP contribution in [0.25, 0.3) is 0 Å². The first kappa shape index (κ1) is 17.7. The number of fused-ring (bicyclic) bond motifs is 1. The fourth-order valence-electron chi connectivity index (χ4n) is 4.33. The number of H-pyrrole nitrogens is 1. The van der Waals surface area contributed by atoms with Crippen LogP contribution in [0.4, 0.5) is 0 Å². The van der Waals surface area contributed by atoms with Gasteiger partial charge in [0.2, 0.25) is 5.91 Å². The van der Waals surface area contributed by atoms with Gasteiger partial charge in [0.25, 0.3) is 5.91 Å². The van der Waals surface area contributed by atoms with Crippen molar-refractivity contribution in [2.24, 2.45) is 0 Å². The summed E-state index contributed by atoms with van der Waals surface area (Å²) in [6.07, 6.45) is 4.09. The lowest BCUT2D eigenvalue weighted by atomic mass is 10.1. The molecule has 1 aromatic heterocycles. The summed E-state index contributed by atoms with van der Waals surface area (Å²) in [6.45, 7) is 3.22. The molecule has 0 saturated carbocycles. The predicted octanol–water partition coefficient (Wildman–Crippen LogP) is 0.886. The number of aromatic amines is 1. The lowest BCUT2D eigenvalue weighted by molar-refractivity contribution is -0.126. The molecule has 0 unspecified atom stereocenters. The largest absolute Gasteiger partial charge is 0.355 e. The summed E-state index contributed by atoms with van der Waals surface area (Å²) in [6, 6.07) is 10.2. The Morgan fingerprint density at radius 1 is 1.22 bits per heavy atom. The topological polar surface area (TPSA) is 90.1 Å². The molecule has 1 saturated heterocycles. The van der Waals surface area contributed by atoms with Crippen LogP contribution in [0.15, 0.2) is 36.5 Å². The van der Waals surface area contributed by atoms with Gasteiger partial charge in [-0.05, 0) is 43.4 Å². The molecule has 1 fully saturated rings. The number of aromatic nitrogens is 2. The highest BCUT2D eigenvalue weighted by molar-refractivity contribution is 5.92. The molecule has 0 radical (unpaired) electrons. The van der Waals surface area contributed by atoms with E-state index >= 15 is 0 Å². The number of benzene rings is 1. The molecule has 2 aliphatic rings. The number of hydrogen-bond donors (Lipinski definition) is 3. The summed E-state index contributed by atoms with van der Waals surface area (Å²) in [5, 5.41) is 12.5. The van der Waals surface area contributed by atoms with Gasteiger partial charge in [0, 0.05) is 31.4 Å². The Labute approximate surface area is 158 Å². The van der Waals surface area contributed by atoms with Crippen molar-refractivity contribution in [2.75, 3.05) is 13.1 Å². The molecule has 0 spiro atoms. The smallest absolute Gasteiger partial charge is 0.269 e. The summed E-state index contributed by atoms with van der Waals surface area (Å²) < 4.78 is 0. The van der Waals surface area contributed by atoms with Gasteiger partial charge in [0.1, 0.15) is 5.69 Å². The number of carbonyl (C=O) groups is 2. The third-order valence-electron chi connectivity index (χ3n) is 5.57. The Balaban J connectivity index is 1.48. The molecule has 142 valence electrons. The van der Waals surface area contributed by atoms with Gasteiger partial charge in [0.05, 0.1) is 6.04 Å². The minimum absolute atomic E-state index is 0.0479. The number of amides is 2. The van der Waals surface area contributed by atoms with Gasteiger partial charge in [-0.25, -0.2) is 0 Å². The fraction of sp³-hybridized carbons (Fsp3) is 0.450. The Morgan fingerprint density at radius 3 is 2.59 bits per heavy atom. The molecule has 0 bridgehead atoms. The van der Waals surface area contributed by atoms with Crippen LogP contribution in [0, 0.1) is 0 Å². The molecule has 1 aliphatic carbocycles. The van der Waals surface area contributed by atoms with Gasteiger partial charge in [-0.2, -0.15) is 5.10 Å². The van der Waals surface area contributed by atoms with Crippen LogP contribution in [0.3, 0.4) is 0 Å². The maximum absolute atomic E-state index is 12.7. The van der Waals surface area contributed by atoms with E-state index in [1.165, 1.54) is 11.1 Å². The maximum Gasteiger partial charge on any atom is 0.269 e. The lowest BCUT2D eigenvalue weighted by Gasteiger charge is -2.29. The van der Waals surface area contributed by atoms with Crippen molar-refractivity contribution in [3.63, 3.8) is 0 Å². The van der Waals surface area contributed by atoms with Gasteiger partial charge < -0.3 is 10.6 Å². The monoisotopic (exact) mass is 367 g/mol. The quantitative estimate of drug-likeness (QED) is 0.732. The van der Waals surface area contributed by atoms with Crippen LogP contribution in [-0.2, 0) is 17.6 Å². The van der Waals surface area contributed by atoms with E-state index < -0.39 is 0 Å². The van der Waals surface area contributed by atoms with Crippen LogP contribution in [0.1, 0.15) is 35.0 Å². The SMILES string of the molecule is CCNC(=O)[C@@H]1C[C@H](NC(=O)c2ccn[nH]2)CN1C1Cc2ccccc2C1. The van der Waals surface area contributed by atoms with Gasteiger partial charge in [-0.1, -0.05) is 24.3 Å². The molecule has 4 rings (SSSR count). The third kappa shape index (κ3) is 3.60. The van der Waals surface area contributed by atoms with Gasteiger partial charge in [0.15, 0.2) is 0 Å². The number of nitrogens with zero attached hydrogens (tertiary/aromatic N) is 2. The van der Waals surface area contributed by atoms with E-state index in [1.807, 2.05) is 6.92 Å². The highest BCUT2D eigenvalue weighted by atomic mass is 16.2. The zero-order valence-corrected chi connectivity index (χ0v) is 15.4. The van der Waals surface area contributed by atoms with Crippen molar-refractivity contribution < 1.29 is 9.59 Å². The van der Waals surface area contributed by atoms with E-state index in [1.54, 1.807) is 12.3 Å². The van der Waals surface area contributed by atoms with Crippen LogP contribution < -0.4 is 10.6 Å². The Kier molecular flexibility index (Phi) is 4.94. The van der Waals surface area contributed by atoms with Crippen LogP contribution in [0.5, 0.6) is 0 Å². The summed E-state index contributed by atoms with van der Waals surface area (Å²) in [4.78, 5) is 27.3. The predicted molar refractivity (Wildman–Crippen MR) is 101 cm³/mol. The number of rotatable bonds is 5. The average Bonchev–Trinajstić information content (AvgIpc) is 3.40. The Morgan fingerprint density at radius 2 is 1.96 bits per heavy atom. The molecule has 2 heterocycles. The van der Waals surface area contributed by atoms with Gasteiger partial charge in [-0.15, -0.1) is 0 Å². The third-order valence-corrected chi connectivity index (χ3v) is 5.57. The zero-order valence-electron chi connectivity index (χ0n) is 15.4. The highest BCUT2D eigenvalue weighted by Gasteiger charge is 2.42. The summed E-state index contributed by atoms with van der Waals surface area (Å²) in [7, 11) is 0. The number of likely N-dealkylation sites (tertiary alicyclic amines) is 1. The second-order valence-corrected chi connectivity index (χ2v) is 7.31. The van der Waals surface area contributed by atoms with E-state index in [2.05, 4.69) is 50.0 Å². The van der Waals surface area contributed by atoms with E-state index in [4.69, 9.17) is 0 Å². The van der Waals surface area contributed by atoms with E-state index in [9.17, 15) is 9.59 Å². The first-order chi connectivity index (χ1) is 13.2. The van der Waals surface area contributed by atoms with Crippen LogP contribution in [0.2, 0.25) is 0 Å². The molecular weight excluding hydrogens is 342 g/mol. The average molecular weight is 367 g/mol. The number of carbonyl (C=O) groups excluding carboxylic acids is 2. The van der Waals surface area contributed by atoms with Crippen molar-refractivity contribution in [1.29, 1.82) is 0 Å². The van der Waals surface area contributed by atoms with E-state index in [-0.39, 0.29) is 23.9 Å². The first-order valence-corrected chi connectivity index (χ1v) is 9.56. The number of nitrogens with one attached hydrogen (secondary N) is 3. The first-order valence-electron chi connectivity index (χ1n) is 9.56. The molecule has 2 aromatic rings. The summed E-state index contributed by atoms with van der Waals surface area (Å²) in [5.41, 5.74) is 3.17. The molecule has 2 atom stereocenters. The summed E-state index contributed by atoms with van der Waals surface area (Å²) in [5.74, 6) is -0.129. The molecule has 2 amide bonds. The van der Waals surface area contributed by atoms with Crippen molar-refractivity contribution in [3.8, 4) is 0 Å². The molecule has 1 aliphatic heterocycles. The minimum Gasteiger partial charge on any atom is -0.355 e. The van der Waals surface area contributed by atoms with Crippen LogP contribution in [-0.4, -0.2) is 58.1 Å². The minimum atomic E-state index is -0.212. The van der Waals surface area contributed by atoms with Crippen molar-refractivity contribution in [3.05, 3.63) is 53.3 Å². The van der Waals surface area contributed by atoms with Crippen molar-refractivity contribution in [1.82, 2.24) is 25.7 Å². The Bertz CT molecular complexity index is 795. The van der Waals surface area contributed by atoms with Gasteiger partial charge in [-0.3, -0.25) is 19.6 Å². The number of hydrogen-bond acceptors (Lipinski definition) is 4. The molecule has 7 nitrogen and oxygen atoms in total. The molecule has 1 aromatic carbocycles. The number of likely N-dealkylation sites (N-methyl/N-ethyl adjacent to an activating group) is 1. The fourth-order valence-corrected chi connectivity index (χ4v) is 4.33. The van der Waals surface area contributed by atoms with Crippen LogP contribution >= 0.6 is 0 Å². The second kappa shape index (κ2) is 7.52. The maximum atomic E-state index is 12.7. The standard InChI is InChI=1S/C20H25N5O2/c1-2-21-20(27)18-11-15(23-19(26)17-7-8-22-24-17)12-25(18)16-9-13-5-3-4-6-14(13)10-16/h3-8,15-16,18H,2,9-12H2,1H3,(H,21,27)(H,22,24)(H,23,26)/t15-,18-/m0/s1. The van der Waals surface area contributed by atoms with E-state index in [0.717, 1.165) is 12.8 Å². The molecular formula is C20H25N5O2.